The number of fused-ring (bicyclic) bond motifs is 1. The summed E-state index contributed by atoms with van der Waals surface area (Å²) in [5, 5.41) is 8.82. The van der Waals surface area contributed by atoms with Crippen LogP contribution in [0.15, 0.2) is 58.4 Å². The molecule has 0 aliphatic rings. The van der Waals surface area contributed by atoms with Crippen LogP contribution in [0.4, 0.5) is 4.39 Å². The first-order valence-corrected chi connectivity index (χ1v) is 8.08. The fraction of sp³-hybridized carbons (Fsp3) is 0.158. The molecule has 0 radical (unpaired) electrons. The molecule has 0 aliphatic carbocycles. The normalized spacial score (nSPS) is 11.4. The van der Waals surface area contributed by atoms with E-state index in [1.165, 1.54) is 23.0 Å². The van der Waals surface area contributed by atoms with Crippen LogP contribution in [-0.2, 0) is 0 Å². The van der Waals surface area contributed by atoms with Gasteiger partial charge in [0.2, 0.25) is 0 Å². The van der Waals surface area contributed by atoms with E-state index in [2.05, 4.69) is 15.6 Å². The average Bonchev–Trinajstić information content (AvgIpc) is 2.63. The number of carbonyl (C=O) groups is 1. The molecular formula is C19H17FN4O2. The molecule has 1 aromatic heterocycles. The summed E-state index contributed by atoms with van der Waals surface area (Å²) in [6, 6.07) is 12.6. The van der Waals surface area contributed by atoms with Gasteiger partial charge >= 0.3 is 0 Å². The van der Waals surface area contributed by atoms with E-state index >= 15 is 0 Å². The van der Waals surface area contributed by atoms with Crippen molar-refractivity contribution in [1.82, 2.24) is 15.2 Å². The highest BCUT2D eigenvalue weighted by molar-refractivity contribution is 6.04. The van der Waals surface area contributed by atoms with Gasteiger partial charge in [-0.3, -0.25) is 9.59 Å². The summed E-state index contributed by atoms with van der Waals surface area (Å²) in [5.74, 6) is -1.02. The van der Waals surface area contributed by atoms with Crippen molar-refractivity contribution in [3.63, 3.8) is 0 Å². The molecule has 1 amide bonds. The van der Waals surface area contributed by atoms with Gasteiger partial charge in [-0.2, -0.15) is 10.2 Å². The number of carbonyl (C=O) groups excluding carboxylic acids is 1. The lowest BCUT2D eigenvalue weighted by Gasteiger charge is -2.12. The highest BCUT2D eigenvalue weighted by Crippen LogP contribution is 2.14. The number of hydrazone groups is 1. The van der Waals surface area contributed by atoms with Crippen LogP contribution < -0.4 is 11.0 Å². The third-order valence-electron chi connectivity index (χ3n) is 3.81. The second-order valence-corrected chi connectivity index (χ2v) is 5.96. The van der Waals surface area contributed by atoms with Crippen LogP contribution in [0, 0.1) is 5.82 Å². The molecule has 2 aromatic carbocycles. The molecule has 0 saturated carbocycles. The van der Waals surface area contributed by atoms with Gasteiger partial charge in [-0.15, -0.1) is 0 Å². The molecule has 1 heterocycles. The van der Waals surface area contributed by atoms with Crippen molar-refractivity contribution >= 4 is 22.9 Å². The quantitative estimate of drug-likeness (QED) is 0.579. The summed E-state index contributed by atoms with van der Waals surface area (Å²) in [6.07, 6.45) is 1.22. The topological polar surface area (TPSA) is 76.3 Å². The van der Waals surface area contributed by atoms with E-state index in [0.717, 1.165) is 0 Å². The molecule has 0 bridgehead atoms. The van der Waals surface area contributed by atoms with Crippen LogP contribution in [0.5, 0.6) is 0 Å². The van der Waals surface area contributed by atoms with Crippen molar-refractivity contribution in [2.24, 2.45) is 5.10 Å². The van der Waals surface area contributed by atoms with Gasteiger partial charge in [0.15, 0.2) is 5.69 Å². The van der Waals surface area contributed by atoms with Gasteiger partial charge in [0.05, 0.1) is 17.6 Å². The molecule has 7 heteroatoms. The smallest absolute Gasteiger partial charge is 0.267 e. The maximum atomic E-state index is 13.6. The average molecular weight is 352 g/mol. The van der Waals surface area contributed by atoms with Crippen molar-refractivity contribution in [1.29, 1.82) is 0 Å². The molecule has 0 atom stereocenters. The van der Waals surface area contributed by atoms with Gasteiger partial charge in [-0.25, -0.2) is 14.5 Å². The summed E-state index contributed by atoms with van der Waals surface area (Å²) >= 11 is 0. The molecule has 3 aromatic rings. The summed E-state index contributed by atoms with van der Waals surface area (Å²) in [4.78, 5) is 25.0. The first-order valence-electron chi connectivity index (χ1n) is 8.08. The minimum absolute atomic E-state index is 0.0829. The molecule has 0 spiro atoms. The van der Waals surface area contributed by atoms with Gasteiger partial charge in [-0.05, 0) is 26.0 Å². The lowest BCUT2D eigenvalue weighted by atomic mass is 10.1. The number of amides is 1. The van der Waals surface area contributed by atoms with E-state index in [4.69, 9.17) is 0 Å². The van der Waals surface area contributed by atoms with Crippen molar-refractivity contribution in [3.05, 3.63) is 76.0 Å². The number of halogens is 1. The summed E-state index contributed by atoms with van der Waals surface area (Å²) < 4.78 is 14.8. The fourth-order valence-corrected chi connectivity index (χ4v) is 2.52. The predicted molar refractivity (Wildman–Crippen MR) is 97.8 cm³/mol. The SMILES string of the molecule is CC(C)n1nc(C(=O)N/N=C\c2ccccc2F)c2ccccc2c1=O. The van der Waals surface area contributed by atoms with Crippen molar-refractivity contribution < 1.29 is 9.18 Å². The molecular weight excluding hydrogens is 335 g/mol. The number of aromatic nitrogens is 2. The van der Waals surface area contributed by atoms with Crippen molar-refractivity contribution in [2.45, 2.75) is 19.9 Å². The second-order valence-electron chi connectivity index (χ2n) is 5.96. The molecule has 0 fully saturated rings. The standard InChI is InChI=1S/C19H17FN4O2/c1-12(2)24-19(26)15-9-5-4-8-14(15)17(23-24)18(25)22-21-11-13-7-3-6-10-16(13)20/h3-12H,1-2H3,(H,22,25)/b21-11-. The van der Waals surface area contributed by atoms with Crippen LogP contribution in [0.1, 0.15) is 35.9 Å². The van der Waals surface area contributed by atoms with E-state index in [1.54, 1.807) is 50.2 Å². The number of hydrogen-bond acceptors (Lipinski definition) is 4. The zero-order valence-electron chi connectivity index (χ0n) is 14.3. The number of rotatable bonds is 4. The Morgan fingerprint density at radius 3 is 2.50 bits per heavy atom. The minimum atomic E-state index is -0.580. The van der Waals surface area contributed by atoms with Crippen LogP contribution in [-0.4, -0.2) is 21.9 Å². The largest absolute Gasteiger partial charge is 0.292 e. The van der Waals surface area contributed by atoms with Crippen molar-refractivity contribution in [2.75, 3.05) is 0 Å². The Balaban J connectivity index is 1.97. The maximum absolute atomic E-state index is 13.6. The summed E-state index contributed by atoms with van der Waals surface area (Å²) in [7, 11) is 0. The van der Waals surface area contributed by atoms with Crippen molar-refractivity contribution in [3.8, 4) is 0 Å². The zero-order valence-corrected chi connectivity index (χ0v) is 14.3. The van der Waals surface area contributed by atoms with Gasteiger partial charge < -0.3 is 0 Å². The minimum Gasteiger partial charge on any atom is -0.267 e. The van der Waals surface area contributed by atoms with E-state index in [9.17, 15) is 14.0 Å². The Morgan fingerprint density at radius 1 is 1.15 bits per heavy atom. The molecule has 0 unspecified atom stereocenters. The van der Waals surface area contributed by atoms with E-state index in [0.29, 0.717) is 10.8 Å². The number of benzene rings is 2. The molecule has 0 saturated heterocycles. The van der Waals surface area contributed by atoms with Gasteiger partial charge in [0.25, 0.3) is 11.5 Å². The van der Waals surface area contributed by atoms with Gasteiger partial charge in [0.1, 0.15) is 5.82 Å². The number of hydrogen-bond donors (Lipinski definition) is 1. The molecule has 6 nitrogen and oxygen atoms in total. The first kappa shape index (κ1) is 17.5. The second kappa shape index (κ2) is 7.26. The van der Waals surface area contributed by atoms with Crippen LogP contribution in [0.3, 0.4) is 0 Å². The lowest BCUT2D eigenvalue weighted by molar-refractivity contribution is 0.0949. The number of nitrogens with zero attached hydrogens (tertiary/aromatic N) is 3. The Hall–Kier alpha value is -3.35. The van der Waals surface area contributed by atoms with E-state index in [-0.39, 0.29) is 22.9 Å². The van der Waals surface area contributed by atoms with E-state index in [1.807, 2.05) is 0 Å². The highest BCUT2D eigenvalue weighted by atomic mass is 19.1. The van der Waals surface area contributed by atoms with Crippen LogP contribution in [0.25, 0.3) is 10.8 Å². The molecule has 0 aliphatic heterocycles. The third-order valence-corrected chi connectivity index (χ3v) is 3.81. The predicted octanol–water partition coefficient (Wildman–Crippen LogP) is 2.88. The fourth-order valence-electron chi connectivity index (χ4n) is 2.52. The highest BCUT2D eigenvalue weighted by Gasteiger charge is 2.17. The maximum Gasteiger partial charge on any atom is 0.292 e. The first-order chi connectivity index (χ1) is 12.5. The molecule has 1 N–H and O–H groups in total. The zero-order chi connectivity index (χ0) is 18.7. The molecule has 132 valence electrons. The monoisotopic (exact) mass is 352 g/mol. The van der Waals surface area contributed by atoms with Gasteiger partial charge in [-0.1, -0.05) is 36.4 Å². The lowest BCUT2D eigenvalue weighted by Crippen LogP contribution is -2.30. The Morgan fingerprint density at radius 2 is 1.81 bits per heavy atom. The third kappa shape index (κ3) is 3.37. The van der Waals surface area contributed by atoms with E-state index < -0.39 is 11.7 Å². The molecule has 26 heavy (non-hydrogen) atoms. The Labute approximate surface area is 149 Å². The Bertz CT molecular complexity index is 1060. The summed E-state index contributed by atoms with van der Waals surface area (Å²) in [6.45, 7) is 3.61. The van der Waals surface area contributed by atoms with Crippen LogP contribution in [0.2, 0.25) is 0 Å². The number of nitrogens with one attached hydrogen (secondary N) is 1. The van der Waals surface area contributed by atoms with Crippen LogP contribution >= 0.6 is 0 Å². The summed E-state index contributed by atoms with van der Waals surface area (Å²) in [5.41, 5.74) is 2.41. The van der Waals surface area contributed by atoms with Gasteiger partial charge in [0, 0.05) is 10.9 Å². The Kier molecular flexibility index (Phi) is 4.88. The molecule has 3 rings (SSSR count).